The molecule has 2 aliphatic heterocycles. The summed E-state index contributed by atoms with van der Waals surface area (Å²) in [4.78, 5) is 8.24. The topological polar surface area (TPSA) is 15.7 Å². The second kappa shape index (κ2) is 5.99. The first-order valence-corrected chi connectivity index (χ1v) is 9.21. The van der Waals surface area contributed by atoms with Gasteiger partial charge in [-0.3, -0.25) is 9.80 Å². The Bertz CT molecular complexity index is 485. The lowest BCUT2D eigenvalue weighted by Crippen LogP contribution is -2.49. The second-order valence-electron chi connectivity index (χ2n) is 7.03. The van der Waals surface area contributed by atoms with Crippen LogP contribution in [0.15, 0.2) is 12.1 Å². The number of piperazine rings is 1. The van der Waals surface area contributed by atoms with Gasteiger partial charge in [0.05, 0.1) is 6.10 Å². The van der Waals surface area contributed by atoms with E-state index in [-0.39, 0.29) is 0 Å². The van der Waals surface area contributed by atoms with Crippen LogP contribution in [0.25, 0.3) is 0 Å². The van der Waals surface area contributed by atoms with Gasteiger partial charge in [-0.15, -0.1) is 11.3 Å². The number of aryl methyl sites for hydroxylation is 1. The van der Waals surface area contributed by atoms with Crippen molar-refractivity contribution in [3.05, 3.63) is 21.9 Å². The molecule has 1 aliphatic carbocycles. The van der Waals surface area contributed by atoms with Crippen LogP contribution in [0.5, 0.6) is 0 Å². The molecule has 0 amide bonds. The number of thiophene rings is 1. The second-order valence-corrected chi connectivity index (χ2v) is 8.40. The van der Waals surface area contributed by atoms with E-state index in [1.165, 1.54) is 55.2 Å². The van der Waals surface area contributed by atoms with Crippen molar-refractivity contribution in [2.45, 2.75) is 44.9 Å². The molecule has 3 heterocycles. The lowest BCUT2D eigenvalue weighted by molar-refractivity contribution is 0.0508. The molecule has 3 fully saturated rings. The van der Waals surface area contributed by atoms with Crippen molar-refractivity contribution in [1.82, 2.24) is 9.80 Å². The Morgan fingerprint density at radius 1 is 1.24 bits per heavy atom. The fourth-order valence-electron chi connectivity index (χ4n) is 3.67. The lowest BCUT2D eigenvalue weighted by Gasteiger charge is -2.37. The molecule has 0 spiro atoms. The summed E-state index contributed by atoms with van der Waals surface area (Å²) in [6, 6.07) is 5.26. The fourth-order valence-corrected chi connectivity index (χ4v) is 4.61. The first kappa shape index (κ1) is 14.2. The van der Waals surface area contributed by atoms with E-state index in [2.05, 4.69) is 28.9 Å². The quantitative estimate of drug-likeness (QED) is 0.832. The zero-order chi connectivity index (χ0) is 14.2. The van der Waals surface area contributed by atoms with E-state index in [1.54, 1.807) is 0 Å². The average Bonchev–Trinajstić information content (AvgIpc) is 3.08. The smallest absolute Gasteiger partial charge is 0.0717 e. The van der Waals surface area contributed by atoms with Gasteiger partial charge in [0.15, 0.2) is 0 Å². The molecule has 4 heteroatoms. The standard InChI is InChI=1S/C17H26N2OS/c1-13-2-5-17(21-13)11-18-6-7-19-10-16(8-15(19)9-18)20-12-14-3-4-14/h2,5,14-16H,3-4,6-12H2,1H3/t15-,16+/m0/s1. The molecule has 1 aromatic rings. The predicted octanol–water partition coefficient (Wildman–Crippen LogP) is 2.74. The monoisotopic (exact) mass is 306 g/mol. The Labute approximate surface area is 131 Å². The number of rotatable bonds is 5. The summed E-state index contributed by atoms with van der Waals surface area (Å²) in [7, 11) is 0. The van der Waals surface area contributed by atoms with Crippen molar-refractivity contribution in [3.63, 3.8) is 0 Å². The Kier molecular flexibility index (Phi) is 4.05. The van der Waals surface area contributed by atoms with Crippen LogP contribution in [-0.2, 0) is 11.3 Å². The molecule has 0 bridgehead atoms. The van der Waals surface area contributed by atoms with Crippen LogP contribution in [-0.4, -0.2) is 54.7 Å². The highest BCUT2D eigenvalue weighted by molar-refractivity contribution is 7.11. The molecule has 2 saturated heterocycles. The van der Waals surface area contributed by atoms with Gasteiger partial charge in [-0.25, -0.2) is 0 Å². The van der Waals surface area contributed by atoms with Crippen LogP contribution in [0, 0.1) is 12.8 Å². The van der Waals surface area contributed by atoms with Crippen LogP contribution < -0.4 is 0 Å². The van der Waals surface area contributed by atoms with Crippen molar-refractivity contribution >= 4 is 11.3 Å². The van der Waals surface area contributed by atoms with Crippen LogP contribution in [0.1, 0.15) is 29.0 Å². The molecular formula is C17H26N2OS. The van der Waals surface area contributed by atoms with Gasteiger partial charge in [-0.1, -0.05) is 0 Å². The van der Waals surface area contributed by atoms with Gasteiger partial charge in [-0.05, 0) is 44.2 Å². The predicted molar refractivity (Wildman–Crippen MR) is 86.8 cm³/mol. The molecule has 2 atom stereocenters. The van der Waals surface area contributed by atoms with Crippen LogP contribution >= 0.6 is 11.3 Å². The van der Waals surface area contributed by atoms with E-state index in [4.69, 9.17) is 4.74 Å². The summed E-state index contributed by atoms with van der Waals surface area (Å²) >= 11 is 1.95. The van der Waals surface area contributed by atoms with Crippen molar-refractivity contribution < 1.29 is 4.74 Å². The fraction of sp³-hybridized carbons (Fsp3) is 0.765. The third kappa shape index (κ3) is 3.50. The van der Waals surface area contributed by atoms with Gasteiger partial charge in [0.2, 0.25) is 0 Å². The maximum atomic E-state index is 6.12. The summed E-state index contributed by atoms with van der Waals surface area (Å²) < 4.78 is 6.12. The van der Waals surface area contributed by atoms with E-state index in [1.807, 2.05) is 11.3 Å². The van der Waals surface area contributed by atoms with Crippen molar-refractivity contribution in [3.8, 4) is 0 Å². The molecular weight excluding hydrogens is 280 g/mol. The Hall–Kier alpha value is -0.420. The minimum atomic E-state index is 0.500. The van der Waals surface area contributed by atoms with Crippen LogP contribution in [0.2, 0.25) is 0 Å². The molecule has 21 heavy (non-hydrogen) atoms. The number of nitrogens with zero attached hydrogens (tertiary/aromatic N) is 2. The zero-order valence-corrected chi connectivity index (χ0v) is 13.8. The highest BCUT2D eigenvalue weighted by atomic mass is 32.1. The molecule has 0 radical (unpaired) electrons. The largest absolute Gasteiger partial charge is 0.377 e. The van der Waals surface area contributed by atoms with E-state index >= 15 is 0 Å². The molecule has 1 aromatic heterocycles. The summed E-state index contributed by atoms with van der Waals surface area (Å²) in [6.45, 7) is 9.18. The zero-order valence-electron chi connectivity index (χ0n) is 13.0. The SMILES string of the molecule is Cc1ccc(CN2CCN3C[C@H](OCC4CC4)C[C@H]3C2)s1. The summed E-state index contributed by atoms with van der Waals surface area (Å²) in [5, 5.41) is 0. The highest BCUT2D eigenvalue weighted by Crippen LogP contribution is 2.31. The number of hydrogen-bond acceptors (Lipinski definition) is 4. The minimum Gasteiger partial charge on any atom is -0.377 e. The average molecular weight is 306 g/mol. The van der Waals surface area contributed by atoms with Crippen molar-refractivity contribution in [1.29, 1.82) is 0 Å². The van der Waals surface area contributed by atoms with E-state index in [0.29, 0.717) is 6.10 Å². The third-order valence-electron chi connectivity index (χ3n) is 5.10. The molecule has 0 aromatic carbocycles. The molecule has 3 nitrogen and oxygen atoms in total. The molecule has 3 aliphatic rings. The Balaban J connectivity index is 1.28. The summed E-state index contributed by atoms with van der Waals surface area (Å²) in [6.07, 6.45) is 4.54. The lowest BCUT2D eigenvalue weighted by atomic mass is 10.1. The molecule has 0 unspecified atom stereocenters. The summed E-state index contributed by atoms with van der Waals surface area (Å²) in [5.41, 5.74) is 0. The maximum absolute atomic E-state index is 6.12. The van der Waals surface area contributed by atoms with Gasteiger partial charge in [0, 0.05) is 55.1 Å². The van der Waals surface area contributed by atoms with E-state index in [9.17, 15) is 0 Å². The first-order chi connectivity index (χ1) is 10.3. The number of hydrogen-bond donors (Lipinski definition) is 0. The first-order valence-electron chi connectivity index (χ1n) is 8.39. The Morgan fingerprint density at radius 3 is 2.90 bits per heavy atom. The van der Waals surface area contributed by atoms with Crippen molar-refractivity contribution in [2.24, 2.45) is 5.92 Å². The van der Waals surface area contributed by atoms with Gasteiger partial charge in [0.25, 0.3) is 0 Å². The molecule has 4 rings (SSSR count). The van der Waals surface area contributed by atoms with Crippen LogP contribution in [0.3, 0.4) is 0 Å². The van der Waals surface area contributed by atoms with Gasteiger partial charge < -0.3 is 4.74 Å². The van der Waals surface area contributed by atoms with Gasteiger partial charge in [-0.2, -0.15) is 0 Å². The molecule has 1 saturated carbocycles. The minimum absolute atomic E-state index is 0.500. The van der Waals surface area contributed by atoms with Gasteiger partial charge in [0.1, 0.15) is 0 Å². The van der Waals surface area contributed by atoms with Crippen molar-refractivity contribution in [2.75, 3.05) is 32.8 Å². The normalized spacial score (nSPS) is 30.7. The Morgan fingerprint density at radius 2 is 2.14 bits per heavy atom. The highest BCUT2D eigenvalue weighted by Gasteiger charge is 2.37. The van der Waals surface area contributed by atoms with E-state index in [0.717, 1.165) is 25.1 Å². The number of ether oxygens (including phenoxy) is 1. The number of fused-ring (bicyclic) bond motifs is 1. The maximum Gasteiger partial charge on any atom is 0.0717 e. The molecule has 0 N–H and O–H groups in total. The third-order valence-corrected chi connectivity index (χ3v) is 6.09. The van der Waals surface area contributed by atoms with Gasteiger partial charge >= 0.3 is 0 Å². The van der Waals surface area contributed by atoms with Crippen LogP contribution in [0.4, 0.5) is 0 Å². The molecule has 116 valence electrons. The summed E-state index contributed by atoms with van der Waals surface area (Å²) in [5.74, 6) is 0.890. The van der Waals surface area contributed by atoms with E-state index < -0.39 is 0 Å².